The largest absolute Gasteiger partial charge is 0.497 e. The highest BCUT2D eigenvalue weighted by Gasteiger charge is 2.10. The predicted molar refractivity (Wildman–Crippen MR) is 81.1 cm³/mol. The van der Waals surface area contributed by atoms with E-state index in [1.807, 2.05) is 19.1 Å². The van der Waals surface area contributed by atoms with Crippen LogP contribution >= 0.6 is 0 Å². The molecule has 0 N–H and O–H groups in total. The van der Waals surface area contributed by atoms with Gasteiger partial charge in [0.1, 0.15) is 23.0 Å². The molecule has 0 saturated carbocycles. The van der Waals surface area contributed by atoms with Crippen molar-refractivity contribution in [1.29, 1.82) is 0 Å². The molecule has 21 heavy (non-hydrogen) atoms. The normalized spacial score (nSPS) is 10.9. The molecule has 0 unspecified atom stereocenters. The fourth-order valence-electron chi connectivity index (χ4n) is 2.06. The van der Waals surface area contributed by atoms with Gasteiger partial charge in [-0.3, -0.25) is 4.79 Å². The van der Waals surface area contributed by atoms with E-state index in [0.717, 1.165) is 11.3 Å². The number of hydrogen-bond acceptors (Lipinski definition) is 4. The Bertz CT molecular complexity index is 658. The SMILES string of the molecule is COc1cc(/C=C/C(=O)c2cc(C)oc2C)cc(OC)c1. The first-order valence-electron chi connectivity index (χ1n) is 6.56. The summed E-state index contributed by atoms with van der Waals surface area (Å²) in [7, 11) is 3.18. The van der Waals surface area contributed by atoms with E-state index in [-0.39, 0.29) is 5.78 Å². The zero-order valence-corrected chi connectivity index (χ0v) is 12.6. The van der Waals surface area contributed by atoms with Gasteiger partial charge >= 0.3 is 0 Å². The van der Waals surface area contributed by atoms with E-state index < -0.39 is 0 Å². The Morgan fingerprint density at radius 2 is 1.67 bits per heavy atom. The summed E-state index contributed by atoms with van der Waals surface area (Å²) in [6, 6.07) is 7.19. The van der Waals surface area contributed by atoms with E-state index in [4.69, 9.17) is 13.9 Å². The number of ketones is 1. The maximum absolute atomic E-state index is 12.2. The molecule has 0 saturated heterocycles. The minimum atomic E-state index is -0.0915. The molecule has 110 valence electrons. The van der Waals surface area contributed by atoms with Crippen LogP contribution in [0.1, 0.15) is 27.4 Å². The topological polar surface area (TPSA) is 48.7 Å². The van der Waals surface area contributed by atoms with Crippen LogP contribution < -0.4 is 9.47 Å². The van der Waals surface area contributed by atoms with Gasteiger partial charge in [-0.05, 0) is 43.7 Å². The van der Waals surface area contributed by atoms with Gasteiger partial charge in [0.2, 0.25) is 0 Å². The molecule has 0 spiro atoms. The molecular weight excluding hydrogens is 268 g/mol. The zero-order chi connectivity index (χ0) is 15.4. The Hall–Kier alpha value is -2.49. The predicted octanol–water partition coefficient (Wildman–Crippen LogP) is 3.81. The summed E-state index contributed by atoms with van der Waals surface area (Å²) in [5.41, 5.74) is 1.41. The van der Waals surface area contributed by atoms with E-state index in [9.17, 15) is 4.79 Å². The minimum Gasteiger partial charge on any atom is -0.497 e. The lowest BCUT2D eigenvalue weighted by Crippen LogP contribution is -1.94. The number of carbonyl (C=O) groups is 1. The number of hydrogen-bond donors (Lipinski definition) is 0. The highest BCUT2D eigenvalue weighted by atomic mass is 16.5. The van der Waals surface area contributed by atoms with Crippen molar-refractivity contribution in [2.45, 2.75) is 13.8 Å². The Morgan fingerprint density at radius 3 is 2.14 bits per heavy atom. The van der Waals surface area contributed by atoms with Crippen LogP contribution in [0.5, 0.6) is 11.5 Å². The Kier molecular flexibility index (Phi) is 4.48. The molecule has 0 aliphatic carbocycles. The fourth-order valence-corrected chi connectivity index (χ4v) is 2.06. The first-order valence-corrected chi connectivity index (χ1v) is 6.56. The molecule has 4 heteroatoms. The molecule has 0 atom stereocenters. The summed E-state index contributed by atoms with van der Waals surface area (Å²) in [5.74, 6) is 2.62. The van der Waals surface area contributed by atoms with Crippen molar-refractivity contribution in [3.8, 4) is 11.5 Å². The van der Waals surface area contributed by atoms with Gasteiger partial charge in [-0.2, -0.15) is 0 Å². The van der Waals surface area contributed by atoms with Crippen molar-refractivity contribution in [2.75, 3.05) is 14.2 Å². The minimum absolute atomic E-state index is 0.0915. The number of carbonyl (C=O) groups excluding carboxylic acids is 1. The van der Waals surface area contributed by atoms with E-state index in [1.165, 1.54) is 6.08 Å². The molecule has 1 aromatic carbocycles. The maximum atomic E-state index is 12.2. The van der Waals surface area contributed by atoms with Crippen LogP contribution in [0.4, 0.5) is 0 Å². The molecule has 0 amide bonds. The van der Waals surface area contributed by atoms with Crippen molar-refractivity contribution in [3.63, 3.8) is 0 Å². The number of allylic oxidation sites excluding steroid dienone is 1. The van der Waals surface area contributed by atoms with Crippen LogP contribution in [-0.2, 0) is 0 Å². The molecule has 1 aromatic heterocycles. The average Bonchev–Trinajstić information content (AvgIpc) is 2.83. The highest BCUT2D eigenvalue weighted by molar-refractivity contribution is 6.07. The summed E-state index contributed by atoms with van der Waals surface area (Å²) >= 11 is 0. The van der Waals surface area contributed by atoms with Gasteiger partial charge in [0, 0.05) is 6.07 Å². The van der Waals surface area contributed by atoms with Gasteiger partial charge < -0.3 is 13.9 Å². The van der Waals surface area contributed by atoms with Crippen LogP contribution in [0.25, 0.3) is 6.08 Å². The zero-order valence-electron chi connectivity index (χ0n) is 12.6. The first-order chi connectivity index (χ1) is 10.0. The van der Waals surface area contributed by atoms with Crippen molar-refractivity contribution >= 4 is 11.9 Å². The second kappa shape index (κ2) is 6.31. The van der Waals surface area contributed by atoms with Gasteiger partial charge in [0.15, 0.2) is 5.78 Å². The van der Waals surface area contributed by atoms with Crippen LogP contribution in [-0.4, -0.2) is 20.0 Å². The van der Waals surface area contributed by atoms with Crippen molar-refractivity contribution in [3.05, 3.63) is 53.0 Å². The van der Waals surface area contributed by atoms with Gasteiger partial charge in [-0.25, -0.2) is 0 Å². The summed E-state index contributed by atoms with van der Waals surface area (Å²) in [5, 5.41) is 0. The second-order valence-electron chi connectivity index (χ2n) is 4.67. The standard InChI is InChI=1S/C17H18O4/c1-11-7-16(12(2)21-11)17(18)6-5-13-8-14(19-3)10-15(9-13)20-4/h5-10H,1-4H3/b6-5+. The molecule has 0 aliphatic rings. The van der Waals surface area contributed by atoms with Gasteiger partial charge in [-0.1, -0.05) is 6.08 Å². The molecule has 0 fully saturated rings. The smallest absolute Gasteiger partial charge is 0.189 e. The quantitative estimate of drug-likeness (QED) is 0.619. The first kappa shape index (κ1) is 14.9. The second-order valence-corrected chi connectivity index (χ2v) is 4.67. The number of benzene rings is 1. The van der Waals surface area contributed by atoms with Gasteiger partial charge in [0.25, 0.3) is 0 Å². The summed E-state index contributed by atoms with van der Waals surface area (Å²) < 4.78 is 15.8. The van der Waals surface area contributed by atoms with Crippen LogP contribution in [0.2, 0.25) is 0 Å². The number of rotatable bonds is 5. The third kappa shape index (κ3) is 3.54. The third-order valence-corrected chi connectivity index (χ3v) is 3.11. The van der Waals surface area contributed by atoms with Crippen LogP contribution in [0.15, 0.2) is 34.8 Å². The van der Waals surface area contributed by atoms with E-state index >= 15 is 0 Å². The van der Waals surface area contributed by atoms with Crippen LogP contribution in [0.3, 0.4) is 0 Å². The van der Waals surface area contributed by atoms with E-state index in [1.54, 1.807) is 39.4 Å². The molecule has 0 radical (unpaired) electrons. The lowest BCUT2D eigenvalue weighted by Gasteiger charge is -2.05. The van der Waals surface area contributed by atoms with Crippen LogP contribution in [0, 0.1) is 13.8 Å². The maximum Gasteiger partial charge on any atom is 0.189 e. The summed E-state index contributed by atoms with van der Waals surface area (Å²) in [4.78, 5) is 12.2. The lowest BCUT2D eigenvalue weighted by atomic mass is 10.1. The monoisotopic (exact) mass is 286 g/mol. The fraction of sp³-hybridized carbons (Fsp3) is 0.235. The van der Waals surface area contributed by atoms with Crippen molar-refractivity contribution < 1.29 is 18.7 Å². The van der Waals surface area contributed by atoms with E-state index in [2.05, 4.69) is 0 Å². The number of ether oxygens (including phenoxy) is 2. The van der Waals surface area contributed by atoms with Gasteiger partial charge in [0.05, 0.1) is 19.8 Å². The van der Waals surface area contributed by atoms with E-state index in [0.29, 0.717) is 22.8 Å². The highest BCUT2D eigenvalue weighted by Crippen LogP contribution is 2.23. The number of furan rings is 1. The molecular formula is C17H18O4. The average molecular weight is 286 g/mol. The summed E-state index contributed by atoms with van der Waals surface area (Å²) in [6.45, 7) is 3.60. The van der Waals surface area contributed by atoms with Gasteiger partial charge in [-0.15, -0.1) is 0 Å². The molecule has 0 aliphatic heterocycles. The molecule has 1 heterocycles. The molecule has 0 bridgehead atoms. The molecule has 2 aromatic rings. The molecule has 4 nitrogen and oxygen atoms in total. The Morgan fingerprint density at radius 1 is 1.05 bits per heavy atom. The van der Waals surface area contributed by atoms with Crippen molar-refractivity contribution in [2.24, 2.45) is 0 Å². The number of methoxy groups -OCH3 is 2. The molecule has 2 rings (SSSR count). The Balaban J connectivity index is 2.24. The summed E-state index contributed by atoms with van der Waals surface area (Å²) in [6.07, 6.45) is 3.25. The Labute approximate surface area is 124 Å². The third-order valence-electron chi connectivity index (χ3n) is 3.11. The number of aryl methyl sites for hydroxylation is 2. The lowest BCUT2D eigenvalue weighted by molar-refractivity contribution is 0.104. The van der Waals surface area contributed by atoms with Crippen molar-refractivity contribution in [1.82, 2.24) is 0 Å².